The number of hydrogen-bond acceptors (Lipinski definition) is 3. The van der Waals surface area contributed by atoms with Gasteiger partial charge in [-0.05, 0) is 51.3 Å². The van der Waals surface area contributed by atoms with Crippen LogP contribution in [0.15, 0.2) is 30.3 Å². The standard InChI is InChI=1S/C17H27NO2/c1-17(19,15-8-4-3-5-9-15)11-7-13-18-12-6-10-16(18)14-20-2/h3-5,8-9,16,19H,6-7,10-14H2,1-2H3/t16-,17?/m0/s1. The number of ether oxygens (including phenoxy) is 1. The van der Waals surface area contributed by atoms with Crippen LogP contribution in [-0.4, -0.2) is 42.9 Å². The third-order valence-corrected chi connectivity index (χ3v) is 4.36. The third kappa shape index (κ3) is 4.05. The van der Waals surface area contributed by atoms with Gasteiger partial charge in [0, 0.05) is 13.2 Å². The van der Waals surface area contributed by atoms with Gasteiger partial charge >= 0.3 is 0 Å². The molecular weight excluding hydrogens is 250 g/mol. The van der Waals surface area contributed by atoms with E-state index < -0.39 is 5.60 Å². The second kappa shape index (κ2) is 7.21. The molecule has 1 N–H and O–H groups in total. The molecule has 1 fully saturated rings. The first-order chi connectivity index (χ1) is 9.63. The number of nitrogens with zero attached hydrogens (tertiary/aromatic N) is 1. The van der Waals surface area contributed by atoms with Crippen LogP contribution in [-0.2, 0) is 10.3 Å². The van der Waals surface area contributed by atoms with Gasteiger partial charge in [0.05, 0.1) is 12.2 Å². The molecule has 3 heteroatoms. The minimum atomic E-state index is -0.724. The van der Waals surface area contributed by atoms with Gasteiger partial charge in [0.1, 0.15) is 0 Å². The molecule has 20 heavy (non-hydrogen) atoms. The van der Waals surface area contributed by atoms with E-state index in [1.54, 1.807) is 7.11 Å². The van der Waals surface area contributed by atoms with Gasteiger partial charge in [-0.2, -0.15) is 0 Å². The van der Waals surface area contributed by atoms with E-state index in [2.05, 4.69) is 4.90 Å². The van der Waals surface area contributed by atoms with Crippen molar-refractivity contribution in [1.29, 1.82) is 0 Å². The molecule has 2 atom stereocenters. The van der Waals surface area contributed by atoms with E-state index in [0.717, 1.165) is 31.6 Å². The molecule has 0 saturated carbocycles. The minimum Gasteiger partial charge on any atom is -0.385 e. The van der Waals surface area contributed by atoms with E-state index in [9.17, 15) is 5.11 Å². The van der Waals surface area contributed by atoms with Gasteiger partial charge < -0.3 is 9.84 Å². The Labute approximate surface area is 122 Å². The number of hydrogen-bond donors (Lipinski definition) is 1. The maximum absolute atomic E-state index is 10.6. The second-order valence-electron chi connectivity index (χ2n) is 6.03. The van der Waals surface area contributed by atoms with E-state index in [4.69, 9.17) is 4.74 Å². The van der Waals surface area contributed by atoms with Crippen molar-refractivity contribution in [2.75, 3.05) is 26.8 Å². The predicted octanol–water partition coefficient (Wildman–Crippen LogP) is 2.79. The van der Waals surface area contributed by atoms with E-state index in [0.29, 0.717) is 6.04 Å². The summed E-state index contributed by atoms with van der Waals surface area (Å²) < 4.78 is 5.28. The van der Waals surface area contributed by atoms with Gasteiger partial charge in [-0.15, -0.1) is 0 Å². The predicted molar refractivity (Wildman–Crippen MR) is 81.7 cm³/mol. The number of benzene rings is 1. The van der Waals surface area contributed by atoms with Gasteiger partial charge in [0.25, 0.3) is 0 Å². The summed E-state index contributed by atoms with van der Waals surface area (Å²) in [6, 6.07) is 10.5. The van der Waals surface area contributed by atoms with Crippen LogP contribution in [0.3, 0.4) is 0 Å². The third-order valence-electron chi connectivity index (χ3n) is 4.36. The van der Waals surface area contributed by atoms with E-state index in [1.807, 2.05) is 37.3 Å². The Balaban J connectivity index is 1.80. The van der Waals surface area contributed by atoms with Crippen LogP contribution in [0.1, 0.15) is 38.2 Å². The maximum atomic E-state index is 10.6. The van der Waals surface area contributed by atoms with Crippen molar-refractivity contribution in [2.24, 2.45) is 0 Å². The first-order valence-electron chi connectivity index (χ1n) is 7.64. The first kappa shape index (κ1) is 15.5. The van der Waals surface area contributed by atoms with Crippen LogP contribution in [0.5, 0.6) is 0 Å². The highest BCUT2D eigenvalue weighted by Crippen LogP contribution is 2.26. The van der Waals surface area contributed by atoms with E-state index in [1.165, 1.54) is 19.4 Å². The molecule has 3 nitrogen and oxygen atoms in total. The van der Waals surface area contributed by atoms with Crippen LogP contribution < -0.4 is 0 Å². The van der Waals surface area contributed by atoms with Gasteiger partial charge in [-0.25, -0.2) is 0 Å². The molecule has 0 bridgehead atoms. The maximum Gasteiger partial charge on any atom is 0.0869 e. The molecule has 1 aromatic carbocycles. The molecule has 1 heterocycles. The van der Waals surface area contributed by atoms with E-state index >= 15 is 0 Å². The van der Waals surface area contributed by atoms with Crippen LogP contribution in [0.4, 0.5) is 0 Å². The summed E-state index contributed by atoms with van der Waals surface area (Å²) in [4.78, 5) is 2.50. The Bertz CT molecular complexity index is 391. The average molecular weight is 277 g/mol. The van der Waals surface area contributed by atoms with E-state index in [-0.39, 0.29) is 0 Å². The number of aliphatic hydroxyl groups is 1. The lowest BCUT2D eigenvalue weighted by Gasteiger charge is -2.27. The molecular formula is C17H27NO2. The van der Waals surface area contributed by atoms with Crippen molar-refractivity contribution in [1.82, 2.24) is 4.90 Å². The lowest BCUT2D eigenvalue weighted by atomic mass is 9.91. The average Bonchev–Trinajstić information content (AvgIpc) is 2.88. The number of rotatable bonds is 7. The number of likely N-dealkylation sites (tertiary alicyclic amines) is 1. The quantitative estimate of drug-likeness (QED) is 0.832. The largest absolute Gasteiger partial charge is 0.385 e. The molecule has 0 radical (unpaired) electrons. The van der Waals surface area contributed by atoms with Crippen LogP contribution in [0.25, 0.3) is 0 Å². The first-order valence-corrected chi connectivity index (χ1v) is 7.64. The van der Waals surface area contributed by atoms with Crippen LogP contribution >= 0.6 is 0 Å². The van der Waals surface area contributed by atoms with Crippen molar-refractivity contribution in [3.63, 3.8) is 0 Å². The SMILES string of the molecule is COC[C@@H]1CCCN1CCCC(C)(O)c1ccccc1. The summed E-state index contributed by atoms with van der Waals surface area (Å²) in [5, 5.41) is 10.6. The molecule has 1 aliphatic heterocycles. The topological polar surface area (TPSA) is 32.7 Å². The smallest absolute Gasteiger partial charge is 0.0869 e. The van der Waals surface area contributed by atoms with Crippen LogP contribution in [0.2, 0.25) is 0 Å². The van der Waals surface area contributed by atoms with Crippen molar-refractivity contribution in [3.8, 4) is 0 Å². The summed E-state index contributed by atoms with van der Waals surface area (Å²) in [7, 11) is 1.77. The fraction of sp³-hybridized carbons (Fsp3) is 0.647. The second-order valence-corrected chi connectivity index (χ2v) is 6.03. The van der Waals surface area contributed by atoms with Crippen molar-refractivity contribution < 1.29 is 9.84 Å². The highest BCUT2D eigenvalue weighted by atomic mass is 16.5. The van der Waals surface area contributed by atoms with Gasteiger partial charge in [0.15, 0.2) is 0 Å². The molecule has 0 aromatic heterocycles. The zero-order valence-electron chi connectivity index (χ0n) is 12.7. The Morgan fingerprint density at radius 2 is 2.10 bits per heavy atom. The summed E-state index contributed by atoms with van der Waals surface area (Å²) in [6.07, 6.45) is 4.32. The summed E-state index contributed by atoms with van der Waals surface area (Å²) in [5.74, 6) is 0. The molecule has 2 rings (SSSR count). The van der Waals surface area contributed by atoms with Gasteiger partial charge in [-0.1, -0.05) is 30.3 Å². The normalized spacial score (nSPS) is 22.9. The fourth-order valence-corrected chi connectivity index (χ4v) is 3.14. The Hall–Kier alpha value is -0.900. The molecule has 1 aromatic rings. The molecule has 1 unspecified atom stereocenters. The monoisotopic (exact) mass is 277 g/mol. The molecule has 1 saturated heterocycles. The van der Waals surface area contributed by atoms with Crippen molar-refractivity contribution >= 4 is 0 Å². The van der Waals surface area contributed by atoms with Crippen molar-refractivity contribution in [2.45, 2.75) is 44.2 Å². The summed E-state index contributed by atoms with van der Waals surface area (Å²) >= 11 is 0. The lowest BCUT2D eigenvalue weighted by molar-refractivity contribution is 0.0397. The van der Waals surface area contributed by atoms with Gasteiger partial charge in [0.2, 0.25) is 0 Å². The fourth-order valence-electron chi connectivity index (χ4n) is 3.14. The summed E-state index contributed by atoms with van der Waals surface area (Å²) in [6.45, 7) is 4.96. The highest BCUT2D eigenvalue weighted by Gasteiger charge is 2.26. The Morgan fingerprint density at radius 1 is 1.35 bits per heavy atom. The molecule has 0 aliphatic carbocycles. The zero-order chi connectivity index (χ0) is 14.4. The molecule has 1 aliphatic rings. The van der Waals surface area contributed by atoms with Gasteiger partial charge in [-0.3, -0.25) is 4.90 Å². The summed E-state index contributed by atoms with van der Waals surface area (Å²) in [5.41, 5.74) is 0.285. The van der Waals surface area contributed by atoms with Crippen molar-refractivity contribution in [3.05, 3.63) is 35.9 Å². The molecule has 0 amide bonds. The lowest BCUT2D eigenvalue weighted by Crippen LogP contribution is -2.34. The Morgan fingerprint density at radius 3 is 2.80 bits per heavy atom. The highest BCUT2D eigenvalue weighted by molar-refractivity contribution is 5.21. The molecule has 112 valence electrons. The minimum absolute atomic E-state index is 0.571. The van der Waals surface area contributed by atoms with Crippen LogP contribution in [0, 0.1) is 0 Å². The zero-order valence-corrected chi connectivity index (χ0v) is 12.7. The Kier molecular flexibility index (Phi) is 5.58. The number of methoxy groups -OCH3 is 1. The molecule has 0 spiro atoms.